The molecule has 0 aliphatic carbocycles. The molecule has 0 aromatic heterocycles. The summed E-state index contributed by atoms with van der Waals surface area (Å²) in [5.41, 5.74) is 0.403. The number of amides is 2. The third-order valence-electron chi connectivity index (χ3n) is 5.19. The van der Waals surface area contributed by atoms with Crippen LogP contribution in [0.2, 0.25) is 5.02 Å². The van der Waals surface area contributed by atoms with Crippen LogP contribution in [0.4, 0.5) is 18.9 Å². The van der Waals surface area contributed by atoms with Crippen LogP contribution < -0.4 is 5.32 Å². The van der Waals surface area contributed by atoms with Gasteiger partial charge in [0.2, 0.25) is 5.91 Å². The van der Waals surface area contributed by atoms with E-state index in [-0.39, 0.29) is 27.4 Å². The number of anilines is 1. The van der Waals surface area contributed by atoms with Gasteiger partial charge in [-0.3, -0.25) is 9.59 Å². The lowest BCUT2D eigenvalue weighted by Crippen LogP contribution is -2.57. The molecule has 0 bridgehead atoms. The van der Waals surface area contributed by atoms with Crippen LogP contribution in [-0.2, 0) is 4.79 Å². The number of hydrogen-bond donors (Lipinski definition) is 3. The molecule has 0 fully saturated rings. The van der Waals surface area contributed by atoms with Gasteiger partial charge in [-0.05, 0) is 29.8 Å². The molecule has 11 heteroatoms. The van der Waals surface area contributed by atoms with Crippen molar-refractivity contribution in [1.29, 1.82) is 16.1 Å². The second kappa shape index (κ2) is 9.42. The molecule has 170 valence electrons. The van der Waals surface area contributed by atoms with Gasteiger partial charge in [0.1, 0.15) is 6.54 Å². The van der Waals surface area contributed by atoms with Gasteiger partial charge in [-0.25, -0.2) is 0 Å². The van der Waals surface area contributed by atoms with Gasteiger partial charge >= 0.3 is 6.18 Å². The first kappa shape index (κ1) is 23.9. The zero-order valence-electron chi connectivity index (χ0n) is 16.9. The van der Waals surface area contributed by atoms with Crippen molar-refractivity contribution in [2.24, 2.45) is 5.92 Å². The Hall–Kier alpha value is -3.71. The first-order chi connectivity index (χ1) is 15.6. The number of carbonyl (C=O) groups excluding carboxylic acids is 2. The summed E-state index contributed by atoms with van der Waals surface area (Å²) >= 11 is 5.98. The van der Waals surface area contributed by atoms with E-state index in [1.54, 1.807) is 6.07 Å². The van der Waals surface area contributed by atoms with Crippen molar-refractivity contribution in [3.63, 3.8) is 0 Å². The molecule has 1 heterocycles. The van der Waals surface area contributed by atoms with Gasteiger partial charge < -0.3 is 21.0 Å². The van der Waals surface area contributed by atoms with Crippen LogP contribution in [0.15, 0.2) is 42.5 Å². The second-order valence-electron chi connectivity index (χ2n) is 7.34. The summed E-state index contributed by atoms with van der Waals surface area (Å²) < 4.78 is 40.1. The number of nitrogens with one attached hydrogen (secondary N) is 3. The highest BCUT2D eigenvalue weighted by atomic mass is 35.5. The molecule has 1 aliphatic rings. The highest BCUT2D eigenvalue weighted by Gasteiger charge is 2.49. The van der Waals surface area contributed by atoms with Gasteiger partial charge in [-0.2, -0.15) is 18.4 Å². The fourth-order valence-corrected chi connectivity index (χ4v) is 4.14. The van der Waals surface area contributed by atoms with Crippen LogP contribution in [0.3, 0.4) is 0 Å². The van der Waals surface area contributed by atoms with Crippen LogP contribution in [0.25, 0.3) is 0 Å². The van der Waals surface area contributed by atoms with Gasteiger partial charge in [0.25, 0.3) is 5.91 Å². The third kappa shape index (κ3) is 5.04. The predicted molar refractivity (Wildman–Crippen MR) is 116 cm³/mol. The smallest absolute Gasteiger partial charge is 0.325 e. The summed E-state index contributed by atoms with van der Waals surface area (Å²) in [6.45, 7) is -1.65. The molecule has 3 rings (SSSR count). The number of rotatable bonds is 6. The van der Waals surface area contributed by atoms with Gasteiger partial charge in [-0.15, -0.1) is 0 Å². The lowest BCUT2D eigenvalue weighted by atomic mass is 9.77. The van der Waals surface area contributed by atoms with Crippen molar-refractivity contribution in [2.75, 3.05) is 11.9 Å². The summed E-state index contributed by atoms with van der Waals surface area (Å²) in [6, 6.07) is 10.3. The van der Waals surface area contributed by atoms with Gasteiger partial charge in [0.15, 0.2) is 0 Å². The van der Waals surface area contributed by atoms with E-state index in [4.69, 9.17) is 27.7 Å². The summed E-state index contributed by atoms with van der Waals surface area (Å²) in [5, 5.41) is 27.1. The van der Waals surface area contributed by atoms with Crippen LogP contribution in [0.1, 0.15) is 27.4 Å². The first-order valence-electron chi connectivity index (χ1n) is 9.59. The molecule has 2 atom stereocenters. The lowest BCUT2D eigenvalue weighted by molar-refractivity contribution is -0.148. The zero-order chi connectivity index (χ0) is 24.3. The topological polar surface area (TPSA) is 121 Å². The Morgan fingerprint density at radius 2 is 1.91 bits per heavy atom. The number of fused-ring (bicyclic) bond motifs is 1. The highest BCUT2D eigenvalue weighted by molar-refractivity contribution is 6.31. The Morgan fingerprint density at radius 1 is 1.24 bits per heavy atom. The highest BCUT2D eigenvalue weighted by Crippen LogP contribution is 2.38. The quantitative estimate of drug-likeness (QED) is 0.542. The number of carbonyl (C=O) groups is 2. The molecule has 2 aromatic carbocycles. The molecule has 7 nitrogen and oxygen atoms in total. The minimum atomic E-state index is -4.77. The van der Waals surface area contributed by atoms with E-state index in [0.29, 0.717) is 4.90 Å². The van der Waals surface area contributed by atoms with Crippen molar-refractivity contribution in [3.8, 4) is 6.07 Å². The minimum absolute atomic E-state index is 0.0735. The fraction of sp³-hybridized carbons (Fsp3) is 0.227. The first-order valence-corrected chi connectivity index (χ1v) is 9.96. The molecule has 0 spiro atoms. The molecule has 3 N–H and O–H groups in total. The average molecular weight is 476 g/mol. The minimum Gasteiger partial charge on any atom is -0.325 e. The van der Waals surface area contributed by atoms with Crippen molar-refractivity contribution in [2.45, 2.75) is 18.1 Å². The van der Waals surface area contributed by atoms with Gasteiger partial charge in [0, 0.05) is 34.6 Å². The maximum Gasteiger partial charge on any atom is 0.406 e. The van der Waals surface area contributed by atoms with E-state index in [9.17, 15) is 22.8 Å². The maximum absolute atomic E-state index is 13.4. The Labute approximate surface area is 191 Å². The standard InChI is InChI=1S/C22H17ClF3N5O2/c23-14-5-12(8-27)6-15(7-14)30-20(32)18-16-3-1-2-4-17(16)21(33)31(11-22(24,25)26)19(18)13(9-28)10-29/h1-7,9-10,13,18-19,28-29H,11H2,(H,30,32)/t13?,18-,19+/m1/s1. The number of nitriles is 1. The van der Waals surface area contributed by atoms with Crippen LogP contribution in [0, 0.1) is 28.1 Å². The van der Waals surface area contributed by atoms with Crippen LogP contribution in [0.5, 0.6) is 0 Å². The van der Waals surface area contributed by atoms with Crippen molar-refractivity contribution < 1.29 is 22.8 Å². The molecule has 0 unspecified atom stereocenters. The van der Waals surface area contributed by atoms with Crippen molar-refractivity contribution in [3.05, 3.63) is 64.2 Å². The summed E-state index contributed by atoms with van der Waals surface area (Å²) in [6.07, 6.45) is -3.31. The monoisotopic (exact) mass is 475 g/mol. The largest absolute Gasteiger partial charge is 0.406 e. The second-order valence-corrected chi connectivity index (χ2v) is 7.78. The molecule has 2 amide bonds. The maximum atomic E-state index is 13.4. The Morgan fingerprint density at radius 3 is 2.52 bits per heavy atom. The molecule has 0 saturated heterocycles. The van der Waals surface area contributed by atoms with E-state index in [1.807, 2.05) is 6.07 Å². The van der Waals surface area contributed by atoms with Crippen molar-refractivity contribution in [1.82, 2.24) is 4.90 Å². The van der Waals surface area contributed by atoms with Crippen LogP contribution in [-0.4, -0.2) is 47.9 Å². The SMILES string of the molecule is N#Cc1cc(Cl)cc(NC(=O)[C@@H]2c3ccccc3C(=O)N(CC(F)(F)F)[C@H]2C(C=N)C=N)c1. The molecule has 33 heavy (non-hydrogen) atoms. The summed E-state index contributed by atoms with van der Waals surface area (Å²) in [5.74, 6) is -4.31. The molecule has 2 aromatic rings. The molecule has 1 aliphatic heterocycles. The fourth-order valence-electron chi connectivity index (χ4n) is 3.91. The predicted octanol–water partition coefficient (Wildman–Crippen LogP) is 4.24. The van der Waals surface area contributed by atoms with Gasteiger partial charge in [-0.1, -0.05) is 29.8 Å². The Balaban J connectivity index is 2.15. The van der Waals surface area contributed by atoms with Crippen LogP contribution >= 0.6 is 11.6 Å². The Kier molecular flexibility index (Phi) is 6.84. The Bertz CT molecular complexity index is 1150. The molecular weight excluding hydrogens is 459 g/mol. The van der Waals surface area contributed by atoms with E-state index in [0.717, 1.165) is 12.4 Å². The number of alkyl halides is 3. The number of benzene rings is 2. The third-order valence-corrected chi connectivity index (χ3v) is 5.41. The number of nitrogens with zero attached hydrogens (tertiary/aromatic N) is 2. The molecular formula is C22H17ClF3N5O2. The van der Waals surface area contributed by atoms with E-state index in [1.165, 1.54) is 36.4 Å². The average Bonchev–Trinajstić information content (AvgIpc) is 2.75. The van der Waals surface area contributed by atoms with E-state index >= 15 is 0 Å². The van der Waals surface area contributed by atoms with E-state index in [2.05, 4.69) is 5.32 Å². The van der Waals surface area contributed by atoms with Crippen molar-refractivity contribution >= 4 is 41.5 Å². The summed E-state index contributed by atoms with van der Waals surface area (Å²) in [7, 11) is 0. The summed E-state index contributed by atoms with van der Waals surface area (Å²) in [4.78, 5) is 26.9. The zero-order valence-corrected chi connectivity index (χ0v) is 17.6. The lowest BCUT2D eigenvalue weighted by Gasteiger charge is -2.43. The number of halogens is 4. The number of hydrogen-bond acceptors (Lipinski definition) is 5. The molecule has 0 radical (unpaired) electrons. The molecule has 0 saturated carbocycles. The van der Waals surface area contributed by atoms with Gasteiger partial charge in [0.05, 0.1) is 23.6 Å². The normalized spacial score (nSPS) is 18.6. The van der Waals surface area contributed by atoms with E-state index < -0.39 is 42.4 Å².